The molecule has 1 amide bonds. The van der Waals surface area contributed by atoms with Gasteiger partial charge in [0.1, 0.15) is 11.6 Å². The molecule has 0 bridgehead atoms. The maximum atomic E-state index is 13.6. The summed E-state index contributed by atoms with van der Waals surface area (Å²) < 4.78 is 27.3. The molecule has 1 atom stereocenters. The minimum atomic E-state index is -0.906. The Bertz CT molecular complexity index is 1400. The van der Waals surface area contributed by atoms with Crippen molar-refractivity contribution < 1.29 is 23.5 Å². The lowest BCUT2D eigenvalue weighted by atomic mass is 9.97. The number of halogens is 2. The fraction of sp³-hybridized carbons (Fsp3) is 0.172. The van der Waals surface area contributed by atoms with Gasteiger partial charge in [0.15, 0.2) is 0 Å². The second kappa shape index (κ2) is 11.0. The minimum absolute atomic E-state index is 0.0178. The first-order valence-corrected chi connectivity index (χ1v) is 11.7. The van der Waals surface area contributed by atoms with Crippen molar-refractivity contribution in [1.29, 1.82) is 0 Å². The van der Waals surface area contributed by atoms with Gasteiger partial charge in [0.25, 0.3) is 5.91 Å². The molecule has 0 saturated heterocycles. The van der Waals surface area contributed by atoms with Crippen LogP contribution in [0.15, 0.2) is 78.9 Å². The van der Waals surface area contributed by atoms with E-state index in [-0.39, 0.29) is 24.1 Å². The Kier molecular flexibility index (Phi) is 7.59. The van der Waals surface area contributed by atoms with Crippen LogP contribution in [0.2, 0.25) is 0 Å². The summed E-state index contributed by atoms with van der Waals surface area (Å²) in [6.07, 6.45) is 0.749. The summed E-state index contributed by atoms with van der Waals surface area (Å²) in [5.41, 5.74) is 2.72. The van der Waals surface area contributed by atoms with E-state index in [1.165, 1.54) is 0 Å². The van der Waals surface area contributed by atoms with Gasteiger partial charge < -0.3 is 15.7 Å². The lowest BCUT2D eigenvalue weighted by molar-refractivity contribution is -0.137. The van der Waals surface area contributed by atoms with Crippen molar-refractivity contribution in [3.05, 3.63) is 107 Å². The third-order valence-electron chi connectivity index (χ3n) is 5.98. The minimum Gasteiger partial charge on any atom is -0.481 e. The molecule has 4 rings (SSSR count). The number of carbonyl (C=O) groups excluding carboxylic acids is 1. The van der Waals surface area contributed by atoms with E-state index in [4.69, 9.17) is 5.11 Å². The fourth-order valence-corrected chi connectivity index (χ4v) is 4.29. The van der Waals surface area contributed by atoms with E-state index in [9.17, 15) is 18.4 Å². The highest BCUT2D eigenvalue weighted by atomic mass is 19.1. The van der Waals surface area contributed by atoms with Crippen molar-refractivity contribution >= 4 is 34.0 Å². The van der Waals surface area contributed by atoms with Gasteiger partial charge in [0.05, 0.1) is 6.04 Å². The van der Waals surface area contributed by atoms with Gasteiger partial charge in [0, 0.05) is 29.4 Å². The quantitative estimate of drug-likeness (QED) is 0.243. The molecule has 0 saturated carbocycles. The molecule has 0 fully saturated rings. The molecule has 4 aromatic rings. The van der Waals surface area contributed by atoms with Crippen molar-refractivity contribution in [2.45, 2.75) is 32.2 Å². The van der Waals surface area contributed by atoms with Crippen LogP contribution in [0.3, 0.4) is 0 Å². The Balaban J connectivity index is 1.62. The van der Waals surface area contributed by atoms with E-state index < -0.39 is 17.6 Å². The summed E-state index contributed by atoms with van der Waals surface area (Å²) in [5, 5.41) is 17.1. The lowest BCUT2D eigenvalue weighted by Gasteiger charge is -2.19. The Morgan fingerprint density at radius 2 is 1.61 bits per heavy atom. The van der Waals surface area contributed by atoms with E-state index in [0.29, 0.717) is 29.7 Å². The van der Waals surface area contributed by atoms with Crippen molar-refractivity contribution in [2.24, 2.45) is 0 Å². The molecular formula is C29H26F2N2O3. The predicted octanol–water partition coefficient (Wildman–Crippen LogP) is 6.76. The maximum Gasteiger partial charge on any atom is 0.303 e. The van der Waals surface area contributed by atoms with E-state index in [1.807, 2.05) is 49.4 Å². The van der Waals surface area contributed by atoms with Crippen LogP contribution in [0, 0.1) is 11.6 Å². The topological polar surface area (TPSA) is 78.4 Å². The summed E-state index contributed by atoms with van der Waals surface area (Å²) >= 11 is 0. The van der Waals surface area contributed by atoms with Crippen LogP contribution in [-0.4, -0.2) is 17.0 Å². The summed E-state index contributed by atoms with van der Waals surface area (Å²) in [4.78, 5) is 24.4. The smallest absolute Gasteiger partial charge is 0.303 e. The number of nitrogens with one attached hydrogen (secondary N) is 2. The molecule has 0 aliphatic carbocycles. The molecular weight excluding hydrogens is 462 g/mol. The first-order chi connectivity index (χ1) is 17.3. The van der Waals surface area contributed by atoms with Crippen LogP contribution < -0.4 is 10.6 Å². The van der Waals surface area contributed by atoms with Crippen LogP contribution in [0.5, 0.6) is 0 Å². The molecule has 5 nitrogen and oxygen atoms in total. The molecule has 0 aromatic heterocycles. The van der Waals surface area contributed by atoms with E-state index in [2.05, 4.69) is 10.6 Å². The number of hydrogen-bond donors (Lipinski definition) is 3. The van der Waals surface area contributed by atoms with Gasteiger partial charge in [-0.3, -0.25) is 9.59 Å². The number of amides is 1. The number of hydrogen-bond acceptors (Lipinski definition) is 3. The number of aliphatic carboxylic acids is 1. The molecule has 0 radical (unpaired) electrons. The Hall–Kier alpha value is -4.26. The molecule has 0 aliphatic rings. The van der Waals surface area contributed by atoms with Crippen molar-refractivity contribution in [2.75, 3.05) is 5.32 Å². The highest BCUT2D eigenvalue weighted by Crippen LogP contribution is 2.26. The standard InChI is InChI=1S/C29H26F2N2O3/c1-18(25-10-4-7-19-6-2-3-9-26(19)25)32-29(36)27-17-23(13-12-20(27)8-5-11-28(34)35)33-24-15-21(30)14-22(31)16-24/h2-4,6-7,9-10,12-18,33H,5,8,11H2,1H3,(H,32,36)(H,34,35)/t18-/m1/s1. The van der Waals surface area contributed by atoms with Gasteiger partial charge in [-0.25, -0.2) is 8.78 Å². The largest absolute Gasteiger partial charge is 0.481 e. The van der Waals surface area contributed by atoms with Crippen LogP contribution in [0.25, 0.3) is 10.8 Å². The number of rotatable bonds is 9. The number of carboxylic acid groups (broad SMARTS) is 1. The molecule has 0 unspecified atom stereocenters. The molecule has 184 valence electrons. The number of benzene rings is 4. The zero-order chi connectivity index (χ0) is 25.7. The van der Waals surface area contributed by atoms with Crippen LogP contribution in [-0.2, 0) is 11.2 Å². The molecule has 0 aliphatic heterocycles. The molecule has 0 heterocycles. The van der Waals surface area contributed by atoms with Gasteiger partial charge in [-0.15, -0.1) is 0 Å². The van der Waals surface area contributed by atoms with Crippen LogP contribution >= 0.6 is 0 Å². The average molecular weight is 489 g/mol. The van der Waals surface area contributed by atoms with Gasteiger partial charge in [-0.1, -0.05) is 48.5 Å². The average Bonchev–Trinajstić information content (AvgIpc) is 2.83. The number of anilines is 2. The van der Waals surface area contributed by atoms with Crippen molar-refractivity contribution in [3.8, 4) is 0 Å². The normalized spacial score (nSPS) is 11.8. The van der Waals surface area contributed by atoms with Gasteiger partial charge in [-0.05, 0) is 65.9 Å². The fourth-order valence-electron chi connectivity index (χ4n) is 4.29. The summed E-state index contributed by atoms with van der Waals surface area (Å²) in [7, 11) is 0. The van der Waals surface area contributed by atoms with E-state index in [1.54, 1.807) is 18.2 Å². The monoisotopic (exact) mass is 488 g/mol. The molecule has 36 heavy (non-hydrogen) atoms. The molecule has 4 aromatic carbocycles. The van der Waals surface area contributed by atoms with Crippen molar-refractivity contribution in [3.63, 3.8) is 0 Å². The van der Waals surface area contributed by atoms with Crippen LogP contribution in [0.4, 0.5) is 20.2 Å². The van der Waals surface area contributed by atoms with Crippen molar-refractivity contribution in [1.82, 2.24) is 5.32 Å². The first kappa shape index (κ1) is 24.9. The number of aryl methyl sites for hydroxylation is 1. The highest BCUT2D eigenvalue weighted by Gasteiger charge is 2.18. The Labute approximate surface area is 207 Å². The summed E-state index contributed by atoms with van der Waals surface area (Å²) in [5.74, 6) is -2.67. The Morgan fingerprint density at radius 1 is 0.889 bits per heavy atom. The van der Waals surface area contributed by atoms with E-state index in [0.717, 1.165) is 34.5 Å². The molecule has 7 heteroatoms. The summed E-state index contributed by atoms with van der Waals surface area (Å²) in [6.45, 7) is 1.90. The zero-order valence-corrected chi connectivity index (χ0v) is 19.7. The third-order valence-corrected chi connectivity index (χ3v) is 5.98. The van der Waals surface area contributed by atoms with Gasteiger partial charge in [0.2, 0.25) is 0 Å². The first-order valence-electron chi connectivity index (χ1n) is 11.7. The second-order valence-corrected chi connectivity index (χ2v) is 8.67. The van der Waals surface area contributed by atoms with Crippen LogP contribution in [0.1, 0.15) is 47.3 Å². The second-order valence-electron chi connectivity index (χ2n) is 8.67. The SMILES string of the molecule is C[C@@H](NC(=O)c1cc(Nc2cc(F)cc(F)c2)ccc1CCCC(=O)O)c1cccc2ccccc12. The lowest BCUT2D eigenvalue weighted by Crippen LogP contribution is -2.28. The molecule has 3 N–H and O–H groups in total. The third kappa shape index (κ3) is 6.05. The molecule has 0 spiro atoms. The highest BCUT2D eigenvalue weighted by molar-refractivity contribution is 5.97. The van der Waals surface area contributed by atoms with Gasteiger partial charge >= 0.3 is 5.97 Å². The maximum absolute atomic E-state index is 13.6. The zero-order valence-electron chi connectivity index (χ0n) is 19.7. The number of carboxylic acids is 1. The van der Waals surface area contributed by atoms with Gasteiger partial charge in [-0.2, -0.15) is 0 Å². The predicted molar refractivity (Wildman–Crippen MR) is 136 cm³/mol. The summed E-state index contributed by atoms with van der Waals surface area (Å²) in [6, 6.07) is 21.7. The number of carbonyl (C=O) groups is 2. The van der Waals surface area contributed by atoms with E-state index >= 15 is 0 Å². The Morgan fingerprint density at radius 3 is 2.36 bits per heavy atom. The number of fused-ring (bicyclic) bond motifs is 1.